The maximum absolute atomic E-state index is 12.7. The summed E-state index contributed by atoms with van der Waals surface area (Å²) in [4.78, 5) is 16.8. The summed E-state index contributed by atoms with van der Waals surface area (Å²) in [5.74, 6) is 2.24. The Bertz CT molecular complexity index is 1050. The molecule has 8 nitrogen and oxygen atoms in total. The molecule has 0 saturated carbocycles. The summed E-state index contributed by atoms with van der Waals surface area (Å²) in [6, 6.07) is 15.5. The van der Waals surface area contributed by atoms with Gasteiger partial charge in [0.15, 0.2) is 0 Å². The van der Waals surface area contributed by atoms with E-state index in [9.17, 15) is 4.79 Å². The number of benzene rings is 2. The zero-order chi connectivity index (χ0) is 22.3. The Labute approximate surface area is 191 Å². The van der Waals surface area contributed by atoms with Crippen LogP contribution in [-0.4, -0.2) is 66.7 Å². The number of nitrogens with zero attached hydrogens (tertiary/aromatic N) is 4. The molecule has 1 aromatic heterocycles. The molecule has 4 rings (SSSR count). The van der Waals surface area contributed by atoms with Gasteiger partial charge in [0.25, 0.3) is 11.1 Å². The van der Waals surface area contributed by atoms with Crippen LogP contribution in [-0.2, 0) is 4.79 Å². The zero-order valence-corrected chi connectivity index (χ0v) is 19.0. The molecule has 0 unspecified atom stereocenters. The molecule has 2 aromatic carbocycles. The van der Waals surface area contributed by atoms with Gasteiger partial charge in [0.2, 0.25) is 5.91 Å². The highest BCUT2D eigenvalue weighted by Crippen LogP contribution is 2.31. The van der Waals surface area contributed by atoms with Gasteiger partial charge in [-0.25, -0.2) is 0 Å². The van der Waals surface area contributed by atoms with Crippen LogP contribution < -0.4 is 14.4 Å². The predicted molar refractivity (Wildman–Crippen MR) is 123 cm³/mol. The molecule has 0 spiro atoms. The summed E-state index contributed by atoms with van der Waals surface area (Å²) in [5.41, 5.74) is 1.80. The number of aromatic nitrogens is 2. The lowest BCUT2D eigenvalue weighted by molar-refractivity contribution is -0.128. The standard InChI is InChI=1S/C23H26N4O4S/c1-3-30-19-10-6-4-8-17(19)22-24-25-23(31-22)32-16-21(28)27-14-12-26(13-15-27)18-9-5-7-11-20(18)29-2/h4-11H,3,12-16H2,1-2H3. The van der Waals surface area contributed by atoms with E-state index in [1.165, 1.54) is 11.8 Å². The van der Waals surface area contributed by atoms with E-state index in [0.29, 0.717) is 36.6 Å². The monoisotopic (exact) mass is 454 g/mol. The molecule has 0 aliphatic carbocycles. The first-order chi connectivity index (χ1) is 15.7. The van der Waals surface area contributed by atoms with E-state index < -0.39 is 0 Å². The third-order valence-electron chi connectivity index (χ3n) is 5.20. The van der Waals surface area contributed by atoms with Crippen LogP contribution in [0.1, 0.15) is 6.92 Å². The summed E-state index contributed by atoms with van der Waals surface area (Å²) in [6.07, 6.45) is 0. The predicted octanol–water partition coefficient (Wildman–Crippen LogP) is 3.58. The molecule has 0 N–H and O–H groups in total. The third kappa shape index (κ3) is 4.99. The Morgan fingerprint density at radius 1 is 1.03 bits per heavy atom. The van der Waals surface area contributed by atoms with E-state index in [4.69, 9.17) is 13.9 Å². The van der Waals surface area contributed by atoms with Crippen LogP contribution in [0.2, 0.25) is 0 Å². The molecule has 1 aliphatic heterocycles. The number of para-hydroxylation sites is 3. The molecule has 1 amide bonds. The second-order valence-electron chi connectivity index (χ2n) is 7.13. The van der Waals surface area contributed by atoms with Crippen LogP contribution in [0.3, 0.4) is 0 Å². The summed E-state index contributed by atoms with van der Waals surface area (Å²) < 4.78 is 16.8. The highest BCUT2D eigenvalue weighted by Gasteiger charge is 2.23. The van der Waals surface area contributed by atoms with Crippen molar-refractivity contribution in [2.75, 3.05) is 50.5 Å². The minimum atomic E-state index is 0.0594. The Hall–Kier alpha value is -3.20. The van der Waals surface area contributed by atoms with Crippen LogP contribution >= 0.6 is 11.8 Å². The van der Waals surface area contributed by atoms with Gasteiger partial charge >= 0.3 is 0 Å². The van der Waals surface area contributed by atoms with Crippen LogP contribution in [0, 0.1) is 0 Å². The molecule has 0 atom stereocenters. The van der Waals surface area contributed by atoms with Crippen LogP contribution in [0.25, 0.3) is 11.5 Å². The number of carbonyl (C=O) groups is 1. The van der Waals surface area contributed by atoms with Crippen molar-refractivity contribution in [1.82, 2.24) is 15.1 Å². The second kappa shape index (κ2) is 10.4. The molecule has 2 heterocycles. The van der Waals surface area contributed by atoms with E-state index in [1.54, 1.807) is 7.11 Å². The van der Waals surface area contributed by atoms with Gasteiger partial charge in [-0.2, -0.15) is 0 Å². The molecular weight excluding hydrogens is 428 g/mol. The van der Waals surface area contributed by atoms with E-state index in [-0.39, 0.29) is 11.7 Å². The average Bonchev–Trinajstić information content (AvgIpc) is 3.32. The number of hydrogen-bond donors (Lipinski definition) is 0. The highest BCUT2D eigenvalue weighted by molar-refractivity contribution is 7.99. The number of piperazine rings is 1. The summed E-state index contributed by atoms with van der Waals surface area (Å²) in [6.45, 7) is 5.31. The molecule has 3 aromatic rings. The highest BCUT2D eigenvalue weighted by atomic mass is 32.2. The molecule has 32 heavy (non-hydrogen) atoms. The fourth-order valence-corrected chi connectivity index (χ4v) is 4.27. The quantitative estimate of drug-likeness (QED) is 0.478. The lowest BCUT2D eigenvalue weighted by Gasteiger charge is -2.36. The molecule has 1 aliphatic rings. The molecule has 9 heteroatoms. The van der Waals surface area contributed by atoms with Crippen molar-refractivity contribution in [3.8, 4) is 23.0 Å². The Morgan fingerprint density at radius 3 is 2.50 bits per heavy atom. The number of hydrogen-bond acceptors (Lipinski definition) is 8. The maximum Gasteiger partial charge on any atom is 0.277 e. The van der Waals surface area contributed by atoms with Gasteiger partial charge in [0, 0.05) is 26.2 Å². The number of methoxy groups -OCH3 is 1. The first-order valence-corrected chi connectivity index (χ1v) is 11.5. The minimum absolute atomic E-state index is 0.0594. The van der Waals surface area contributed by atoms with Crippen LogP contribution in [0.5, 0.6) is 11.5 Å². The Morgan fingerprint density at radius 2 is 1.75 bits per heavy atom. The first-order valence-electron chi connectivity index (χ1n) is 10.5. The Kier molecular flexibility index (Phi) is 7.16. The molecule has 1 saturated heterocycles. The van der Waals surface area contributed by atoms with Crippen molar-refractivity contribution in [1.29, 1.82) is 0 Å². The van der Waals surface area contributed by atoms with E-state index in [1.807, 2.05) is 60.4 Å². The second-order valence-corrected chi connectivity index (χ2v) is 8.06. The normalized spacial score (nSPS) is 13.8. The molecule has 168 valence electrons. The van der Waals surface area contributed by atoms with E-state index in [2.05, 4.69) is 15.1 Å². The number of anilines is 1. The zero-order valence-electron chi connectivity index (χ0n) is 18.2. The summed E-state index contributed by atoms with van der Waals surface area (Å²) in [7, 11) is 1.67. The molecule has 1 fully saturated rings. The SMILES string of the molecule is CCOc1ccccc1-c1nnc(SCC(=O)N2CCN(c3ccccc3OC)CC2)o1. The third-order valence-corrected chi connectivity index (χ3v) is 6.00. The van der Waals surface area contributed by atoms with Crippen molar-refractivity contribution in [3.63, 3.8) is 0 Å². The largest absolute Gasteiger partial charge is 0.495 e. The van der Waals surface area contributed by atoms with Gasteiger partial charge in [-0.1, -0.05) is 36.0 Å². The van der Waals surface area contributed by atoms with Crippen molar-refractivity contribution in [3.05, 3.63) is 48.5 Å². The van der Waals surface area contributed by atoms with Crippen LogP contribution in [0.4, 0.5) is 5.69 Å². The van der Waals surface area contributed by atoms with Crippen molar-refractivity contribution in [2.24, 2.45) is 0 Å². The van der Waals surface area contributed by atoms with Crippen molar-refractivity contribution >= 4 is 23.4 Å². The van der Waals surface area contributed by atoms with Gasteiger partial charge in [-0.15, -0.1) is 10.2 Å². The molecule has 0 bridgehead atoms. The molecule has 0 radical (unpaired) electrons. The Balaban J connectivity index is 1.31. The number of thioether (sulfide) groups is 1. The molecular formula is C23H26N4O4S. The van der Waals surface area contributed by atoms with Gasteiger partial charge in [0.1, 0.15) is 11.5 Å². The number of rotatable bonds is 8. The first kappa shape index (κ1) is 22.0. The number of carbonyl (C=O) groups excluding carboxylic acids is 1. The fraction of sp³-hybridized carbons (Fsp3) is 0.348. The lowest BCUT2D eigenvalue weighted by Crippen LogP contribution is -2.49. The lowest BCUT2D eigenvalue weighted by atomic mass is 10.2. The fourth-order valence-electron chi connectivity index (χ4n) is 3.60. The summed E-state index contributed by atoms with van der Waals surface area (Å²) >= 11 is 1.25. The van der Waals surface area contributed by atoms with Gasteiger partial charge in [-0.05, 0) is 31.2 Å². The summed E-state index contributed by atoms with van der Waals surface area (Å²) in [5, 5.41) is 8.57. The van der Waals surface area contributed by atoms with Crippen LogP contribution in [0.15, 0.2) is 58.2 Å². The van der Waals surface area contributed by atoms with E-state index >= 15 is 0 Å². The maximum atomic E-state index is 12.7. The number of amides is 1. The van der Waals surface area contributed by atoms with Crippen molar-refractivity contribution in [2.45, 2.75) is 12.1 Å². The van der Waals surface area contributed by atoms with Gasteiger partial charge in [0.05, 0.1) is 30.7 Å². The van der Waals surface area contributed by atoms with Gasteiger partial charge in [-0.3, -0.25) is 4.79 Å². The van der Waals surface area contributed by atoms with Crippen molar-refractivity contribution < 1.29 is 18.7 Å². The number of ether oxygens (including phenoxy) is 2. The van der Waals surface area contributed by atoms with E-state index in [0.717, 1.165) is 30.1 Å². The topological polar surface area (TPSA) is 80.9 Å². The average molecular weight is 455 g/mol. The van der Waals surface area contributed by atoms with Gasteiger partial charge < -0.3 is 23.7 Å². The smallest absolute Gasteiger partial charge is 0.277 e. The minimum Gasteiger partial charge on any atom is -0.495 e.